The van der Waals surface area contributed by atoms with E-state index in [0.717, 1.165) is 36.9 Å². The zero-order chi connectivity index (χ0) is 27.7. The van der Waals surface area contributed by atoms with Gasteiger partial charge in [-0.05, 0) is 42.5 Å². The molecule has 0 spiro atoms. The average Bonchev–Trinajstić information content (AvgIpc) is 3.64. The Hall–Kier alpha value is -3.78. The molecule has 0 bridgehead atoms. The predicted octanol–water partition coefficient (Wildman–Crippen LogP) is 1.87. The summed E-state index contributed by atoms with van der Waals surface area (Å²) in [5.41, 5.74) is 4.44. The molecule has 208 valence electrons. The number of rotatable bonds is 14. The molecule has 0 radical (unpaired) electrons. The van der Waals surface area contributed by atoms with E-state index in [0.29, 0.717) is 12.4 Å². The summed E-state index contributed by atoms with van der Waals surface area (Å²) in [7, 11) is -4.14. The Bertz CT molecular complexity index is 1320. The monoisotopic (exact) mass is 556 g/mol. The average molecular weight is 557 g/mol. The molecule has 0 saturated carbocycles. The Balaban J connectivity index is 1.22. The van der Waals surface area contributed by atoms with E-state index >= 15 is 0 Å². The number of nitrogens with zero attached hydrogens (tertiary/aromatic N) is 1. The van der Waals surface area contributed by atoms with Crippen molar-refractivity contribution >= 4 is 27.8 Å². The van der Waals surface area contributed by atoms with Crippen LogP contribution in [0, 0.1) is 0 Å². The van der Waals surface area contributed by atoms with Gasteiger partial charge in [-0.25, -0.2) is 13.4 Å². The summed E-state index contributed by atoms with van der Waals surface area (Å²) in [6.07, 6.45) is 6.20. The second kappa shape index (κ2) is 13.3. The SMILES string of the molecule is O=C(O)C(CNC(=O)C1CC(CCCCNc2ncc[nH]2)ON1)NS(=O)(=O)c1ccc(-c2ccccc2)cc1. The minimum Gasteiger partial charge on any atom is -0.480 e. The molecule has 1 aliphatic heterocycles. The Morgan fingerprint density at radius 3 is 2.51 bits per heavy atom. The van der Waals surface area contributed by atoms with Crippen molar-refractivity contribution in [1.82, 2.24) is 25.5 Å². The second-order valence-corrected chi connectivity index (χ2v) is 10.9. The molecule has 3 unspecified atom stereocenters. The summed E-state index contributed by atoms with van der Waals surface area (Å²) >= 11 is 0. The molecule has 1 aromatic heterocycles. The third-order valence-corrected chi connectivity index (χ3v) is 7.77. The molecule has 12 nitrogen and oxygen atoms in total. The number of hydroxylamine groups is 1. The number of carboxylic acids is 1. The lowest BCUT2D eigenvalue weighted by atomic mass is 10.1. The number of aliphatic carboxylic acids is 1. The summed E-state index contributed by atoms with van der Waals surface area (Å²) in [6.45, 7) is 0.331. The van der Waals surface area contributed by atoms with E-state index in [1.165, 1.54) is 12.1 Å². The van der Waals surface area contributed by atoms with Crippen LogP contribution in [0.3, 0.4) is 0 Å². The normalized spacial score (nSPS) is 17.9. The maximum absolute atomic E-state index is 12.8. The first-order valence-corrected chi connectivity index (χ1v) is 14.1. The van der Waals surface area contributed by atoms with Gasteiger partial charge in [0.2, 0.25) is 15.9 Å². The number of hydrogen-bond donors (Lipinski definition) is 6. The fourth-order valence-electron chi connectivity index (χ4n) is 4.16. The van der Waals surface area contributed by atoms with Gasteiger partial charge in [0, 0.05) is 31.9 Å². The van der Waals surface area contributed by atoms with Crippen molar-refractivity contribution < 1.29 is 28.0 Å². The van der Waals surface area contributed by atoms with E-state index < -0.39 is 40.5 Å². The molecule has 13 heteroatoms. The summed E-state index contributed by atoms with van der Waals surface area (Å²) in [5.74, 6) is -1.15. The minimum atomic E-state index is -4.14. The zero-order valence-electron chi connectivity index (χ0n) is 21.2. The minimum absolute atomic E-state index is 0.0761. The van der Waals surface area contributed by atoms with E-state index in [-0.39, 0.29) is 11.0 Å². The largest absolute Gasteiger partial charge is 0.480 e. The number of sulfonamides is 1. The van der Waals surface area contributed by atoms with Crippen molar-refractivity contribution in [3.8, 4) is 11.1 Å². The van der Waals surface area contributed by atoms with Crippen LogP contribution in [-0.4, -0.2) is 66.6 Å². The molecule has 1 amide bonds. The van der Waals surface area contributed by atoms with Gasteiger partial charge >= 0.3 is 5.97 Å². The number of benzene rings is 2. The maximum atomic E-state index is 12.8. The van der Waals surface area contributed by atoms with Gasteiger partial charge in [0.05, 0.1) is 11.0 Å². The molecule has 39 heavy (non-hydrogen) atoms. The van der Waals surface area contributed by atoms with Crippen molar-refractivity contribution in [2.24, 2.45) is 0 Å². The summed E-state index contributed by atoms with van der Waals surface area (Å²) in [5, 5.41) is 15.2. The van der Waals surface area contributed by atoms with Crippen LogP contribution in [0.4, 0.5) is 5.95 Å². The molecule has 2 aromatic carbocycles. The van der Waals surface area contributed by atoms with Gasteiger partial charge in [0.1, 0.15) is 12.1 Å². The third-order valence-electron chi connectivity index (χ3n) is 6.28. The Morgan fingerprint density at radius 2 is 1.82 bits per heavy atom. The first kappa shape index (κ1) is 28.2. The molecule has 2 heterocycles. The molecule has 3 aromatic rings. The number of imidazole rings is 1. The van der Waals surface area contributed by atoms with Gasteiger partial charge < -0.3 is 20.7 Å². The van der Waals surface area contributed by atoms with Crippen LogP contribution in [0.15, 0.2) is 71.9 Å². The summed E-state index contributed by atoms with van der Waals surface area (Å²) in [6, 6.07) is 13.4. The number of aromatic nitrogens is 2. The number of carboxylic acid groups (broad SMARTS) is 1. The van der Waals surface area contributed by atoms with E-state index in [2.05, 4.69) is 30.8 Å². The smallest absolute Gasteiger partial charge is 0.323 e. The number of carbonyl (C=O) groups is 2. The molecule has 1 saturated heterocycles. The van der Waals surface area contributed by atoms with Gasteiger partial charge in [-0.15, -0.1) is 0 Å². The van der Waals surface area contributed by atoms with E-state index in [1.54, 1.807) is 24.5 Å². The lowest BCUT2D eigenvalue weighted by molar-refractivity contribution is -0.139. The van der Waals surface area contributed by atoms with Crippen LogP contribution in [0.1, 0.15) is 25.7 Å². The van der Waals surface area contributed by atoms with Crippen molar-refractivity contribution in [1.29, 1.82) is 0 Å². The van der Waals surface area contributed by atoms with Crippen LogP contribution < -0.4 is 20.8 Å². The van der Waals surface area contributed by atoms with Gasteiger partial charge in [-0.2, -0.15) is 10.2 Å². The van der Waals surface area contributed by atoms with Crippen LogP contribution in [0.5, 0.6) is 0 Å². The topological polar surface area (TPSA) is 175 Å². The molecule has 4 rings (SSSR count). The highest BCUT2D eigenvalue weighted by Gasteiger charge is 2.32. The Kier molecular flexibility index (Phi) is 9.65. The summed E-state index contributed by atoms with van der Waals surface area (Å²) in [4.78, 5) is 36.8. The lowest BCUT2D eigenvalue weighted by Gasteiger charge is -2.17. The van der Waals surface area contributed by atoms with Gasteiger partial charge in [0.25, 0.3) is 0 Å². The number of anilines is 1. The highest BCUT2D eigenvalue weighted by atomic mass is 32.2. The molecule has 1 aliphatic rings. The Labute approximate surface area is 226 Å². The van der Waals surface area contributed by atoms with Crippen molar-refractivity contribution in [2.75, 3.05) is 18.4 Å². The zero-order valence-corrected chi connectivity index (χ0v) is 22.0. The fourth-order valence-corrected chi connectivity index (χ4v) is 5.35. The number of aromatic amines is 1. The van der Waals surface area contributed by atoms with Gasteiger partial charge in [0.15, 0.2) is 5.95 Å². The van der Waals surface area contributed by atoms with E-state index in [9.17, 15) is 23.1 Å². The van der Waals surface area contributed by atoms with Crippen LogP contribution in [0.25, 0.3) is 11.1 Å². The number of nitrogens with one attached hydrogen (secondary N) is 5. The van der Waals surface area contributed by atoms with Crippen molar-refractivity contribution in [3.05, 3.63) is 67.0 Å². The Morgan fingerprint density at radius 1 is 1.08 bits per heavy atom. The fraction of sp³-hybridized carbons (Fsp3) is 0.346. The first-order chi connectivity index (χ1) is 18.8. The second-order valence-electron chi connectivity index (χ2n) is 9.15. The van der Waals surface area contributed by atoms with E-state index in [1.807, 2.05) is 30.3 Å². The maximum Gasteiger partial charge on any atom is 0.323 e. The molecular weight excluding hydrogens is 524 g/mol. The van der Waals surface area contributed by atoms with Crippen molar-refractivity contribution in [3.63, 3.8) is 0 Å². The molecule has 1 fully saturated rings. The first-order valence-electron chi connectivity index (χ1n) is 12.6. The molecular formula is C26H32N6O6S. The number of hydrogen-bond acceptors (Lipinski definition) is 8. The van der Waals surface area contributed by atoms with Crippen LogP contribution in [0.2, 0.25) is 0 Å². The van der Waals surface area contributed by atoms with E-state index in [4.69, 9.17) is 4.84 Å². The highest BCUT2D eigenvalue weighted by molar-refractivity contribution is 7.89. The predicted molar refractivity (Wildman–Crippen MR) is 144 cm³/mol. The number of H-pyrrole nitrogens is 1. The quantitative estimate of drug-likeness (QED) is 0.162. The van der Waals surface area contributed by atoms with Crippen LogP contribution >= 0.6 is 0 Å². The lowest BCUT2D eigenvalue weighted by Crippen LogP contribution is -2.51. The van der Waals surface area contributed by atoms with Gasteiger partial charge in [-0.1, -0.05) is 42.5 Å². The number of amides is 1. The number of carbonyl (C=O) groups excluding carboxylic acids is 1. The highest BCUT2D eigenvalue weighted by Crippen LogP contribution is 2.21. The van der Waals surface area contributed by atoms with Gasteiger partial charge in [-0.3, -0.25) is 14.4 Å². The van der Waals surface area contributed by atoms with Crippen molar-refractivity contribution in [2.45, 2.75) is 48.8 Å². The standard InChI is InChI=1S/C26H32N6O6S/c33-24(22-16-20(38-31-22)8-4-5-13-27-26-28-14-15-29-26)30-17-23(25(34)35)32-39(36,37)21-11-9-19(10-12-21)18-6-2-1-3-7-18/h1-3,6-7,9-12,14-15,20,22-23,31-32H,4-5,8,13,16-17H2,(H,30,33)(H,34,35)(H2,27,28,29). The summed E-state index contributed by atoms with van der Waals surface area (Å²) < 4.78 is 27.8. The molecule has 6 N–H and O–H groups in total. The van der Waals surface area contributed by atoms with Crippen LogP contribution in [-0.2, 0) is 24.4 Å². The molecule has 0 aliphatic carbocycles. The number of unbranched alkanes of at least 4 members (excludes halogenated alkanes) is 1. The third kappa shape index (κ3) is 8.10. The molecule has 3 atom stereocenters.